The number of fused-ring (bicyclic) bond motifs is 2. The van der Waals surface area contributed by atoms with Crippen LogP contribution in [0.3, 0.4) is 0 Å². The molecule has 0 aliphatic carbocycles. The summed E-state index contributed by atoms with van der Waals surface area (Å²) in [5, 5.41) is 0. The van der Waals surface area contributed by atoms with Crippen molar-refractivity contribution >= 4 is 17.8 Å². The molecular weight excluding hydrogens is 617 g/mol. The first-order valence-corrected chi connectivity index (χ1v) is 15.9. The molecule has 0 spiro atoms. The summed E-state index contributed by atoms with van der Waals surface area (Å²) in [6.07, 6.45) is -5.57. The van der Waals surface area contributed by atoms with Crippen LogP contribution >= 0.6 is 0 Å². The van der Waals surface area contributed by atoms with Gasteiger partial charge in [0.1, 0.15) is 31.1 Å². The lowest BCUT2D eigenvalue weighted by atomic mass is 9.87. The fraction of sp³-hybridized carbons (Fsp3) is 0.289. The van der Waals surface area contributed by atoms with E-state index in [2.05, 4.69) is 0 Å². The first-order chi connectivity index (χ1) is 23.5. The summed E-state index contributed by atoms with van der Waals surface area (Å²) in [6.45, 7) is -0.776. The van der Waals surface area contributed by atoms with Crippen molar-refractivity contribution in [1.82, 2.24) is 4.90 Å². The summed E-state index contributed by atoms with van der Waals surface area (Å²) in [5.74, 6) is -1.74. The molecule has 3 heterocycles. The predicted octanol–water partition coefficient (Wildman–Crippen LogP) is 5.70. The smallest absolute Gasteiger partial charge is 0.338 e. The van der Waals surface area contributed by atoms with E-state index in [1.165, 1.54) is 0 Å². The van der Waals surface area contributed by atoms with E-state index in [1.54, 1.807) is 54.6 Å². The minimum Gasteiger partial charge on any atom is -0.456 e. The van der Waals surface area contributed by atoms with E-state index in [9.17, 15) is 18.8 Å². The number of alkyl halides is 1. The topological polar surface area (TPSA) is 101 Å². The van der Waals surface area contributed by atoms with Crippen molar-refractivity contribution in [2.24, 2.45) is 0 Å². The zero-order valence-corrected chi connectivity index (χ0v) is 25.9. The molecule has 0 saturated carbocycles. The second-order valence-corrected chi connectivity index (χ2v) is 12.0. The van der Waals surface area contributed by atoms with Gasteiger partial charge >= 0.3 is 5.97 Å². The van der Waals surface area contributed by atoms with Gasteiger partial charge in [-0.2, -0.15) is 0 Å². The van der Waals surface area contributed by atoms with Gasteiger partial charge in [0.2, 0.25) is 0 Å². The van der Waals surface area contributed by atoms with Crippen molar-refractivity contribution in [3.05, 3.63) is 143 Å². The molecule has 4 aromatic carbocycles. The number of rotatable bonds is 10. The third kappa shape index (κ3) is 6.40. The van der Waals surface area contributed by atoms with Crippen LogP contribution in [-0.2, 0) is 30.3 Å². The minimum absolute atomic E-state index is 0.102. The van der Waals surface area contributed by atoms with E-state index in [0.717, 1.165) is 16.0 Å². The number of benzene rings is 4. The van der Waals surface area contributed by atoms with E-state index >= 15 is 0 Å². The van der Waals surface area contributed by atoms with Gasteiger partial charge in [0.25, 0.3) is 11.8 Å². The van der Waals surface area contributed by atoms with Crippen LogP contribution in [0.1, 0.15) is 54.9 Å². The van der Waals surface area contributed by atoms with Crippen molar-refractivity contribution in [3.63, 3.8) is 0 Å². The highest BCUT2D eigenvalue weighted by Crippen LogP contribution is 2.41. The van der Waals surface area contributed by atoms with Crippen LogP contribution in [0.4, 0.5) is 4.39 Å². The first-order valence-electron chi connectivity index (χ1n) is 15.9. The standard InChI is InChI=1S/C38H34FNO8/c39-21-27(46-37(43)25-14-6-2-7-15-25)20-30-32(40-35(41)28-18-10-11-19-29(28)36(40)42)34(44-22-24-12-4-1-5-13-24)33-31(47-30)23-45-38(48-33)26-16-8-3-9-17-26/h1-19,27,30-34,38H,20-23H2/t27?,30-,31+,32-,33+,34+,38+/m0/s1. The Morgan fingerprint density at radius 3 is 2.06 bits per heavy atom. The number of esters is 1. The van der Waals surface area contributed by atoms with Gasteiger partial charge in [0, 0.05) is 12.0 Å². The monoisotopic (exact) mass is 651 g/mol. The summed E-state index contributed by atoms with van der Waals surface area (Å²) in [4.78, 5) is 42.1. The molecule has 7 atom stereocenters. The number of hydrogen-bond donors (Lipinski definition) is 0. The molecule has 0 radical (unpaired) electrons. The Morgan fingerprint density at radius 2 is 1.42 bits per heavy atom. The Labute approximate surface area is 277 Å². The van der Waals surface area contributed by atoms with Crippen molar-refractivity contribution in [2.75, 3.05) is 13.3 Å². The number of ether oxygens (including phenoxy) is 5. The lowest BCUT2D eigenvalue weighted by molar-refractivity contribution is -0.326. The van der Waals surface area contributed by atoms with Crippen LogP contribution in [0.2, 0.25) is 0 Å². The Balaban J connectivity index is 1.25. The van der Waals surface area contributed by atoms with E-state index in [1.807, 2.05) is 60.7 Å². The van der Waals surface area contributed by atoms with Gasteiger partial charge in [-0.25, -0.2) is 9.18 Å². The predicted molar refractivity (Wildman–Crippen MR) is 171 cm³/mol. The molecule has 2 amide bonds. The maximum atomic E-state index is 14.6. The van der Waals surface area contributed by atoms with E-state index < -0.39 is 67.3 Å². The quantitative estimate of drug-likeness (QED) is 0.159. The molecule has 7 rings (SSSR count). The molecule has 246 valence electrons. The highest BCUT2D eigenvalue weighted by atomic mass is 19.1. The molecule has 2 fully saturated rings. The number of carbonyl (C=O) groups excluding carboxylic acids is 3. The van der Waals surface area contributed by atoms with Crippen LogP contribution in [-0.4, -0.2) is 72.5 Å². The van der Waals surface area contributed by atoms with Crippen molar-refractivity contribution in [1.29, 1.82) is 0 Å². The largest absolute Gasteiger partial charge is 0.456 e. The molecule has 0 aromatic heterocycles. The third-order valence-electron chi connectivity index (χ3n) is 8.88. The maximum absolute atomic E-state index is 14.6. The fourth-order valence-electron chi connectivity index (χ4n) is 6.59. The maximum Gasteiger partial charge on any atom is 0.338 e. The number of halogens is 1. The van der Waals surface area contributed by atoms with Gasteiger partial charge in [-0.1, -0.05) is 91.0 Å². The van der Waals surface area contributed by atoms with E-state index in [0.29, 0.717) is 0 Å². The molecule has 48 heavy (non-hydrogen) atoms. The van der Waals surface area contributed by atoms with Gasteiger partial charge in [0.05, 0.1) is 42.0 Å². The lowest BCUT2D eigenvalue weighted by Crippen LogP contribution is -2.68. The molecule has 3 aliphatic rings. The zero-order valence-electron chi connectivity index (χ0n) is 25.9. The Morgan fingerprint density at radius 1 is 0.812 bits per heavy atom. The van der Waals surface area contributed by atoms with Gasteiger partial charge in [-0.3, -0.25) is 14.5 Å². The van der Waals surface area contributed by atoms with Crippen LogP contribution in [0.25, 0.3) is 0 Å². The van der Waals surface area contributed by atoms with E-state index in [4.69, 9.17) is 23.7 Å². The number of amides is 2. The fourth-order valence-corrected chi connectivity index (χ4v) is 6.59. The third-order valence-corrected chi connectivity index (χ3v) is 8.88. The van der Waals surface area contributed by atoms with Crippen LogP contribution in [0.5, 0.6) is 0 Å². The normalized spacial score (nSPS) is 25.6. The summed E-state index contributed by atoms with van der Waals surface area (Å²) in [7, 11) is 0. The molecule has 0 N–H and O–H groups in total. The molecule has 9 nitrogen and oxygen atoms in total. The summed E-state index contributed by atoms with van der Waals surface area (Å²) < 4.78 is 46.1. The second-order valence-electron chi connectivity index (χ2n) is 12.0. The van der Waals surface area contributed by atoms with Crippen molar-refractivity contribution in [3.8, 4) is 0 Å². The van der Waals surface area contributed by atoms with Gasteiger partial charge in [-0.05, 0) is 29.8 Å². The van der Waals surface area contributed by atoms with Crippen LogP contribution in [0, 0.1) is 0 Å². The highest BCUT2D eigenvalue weighted by molar-refractivity contribution is 6.21. The Kier molecular flexibility index (Phi) is 9.40. The summed E-state index contributed by atoms with van der Waals surface area (Å²) in [6, 6.07) is 32.7. The summed E-state index contributed by atoms with van der Waals surface area (Å²) >= 11 is 0. The Hall–Kier alpha value is -4.74. The summed E-state index contributed by atoms with van der Waals surface area (Å²) in [5.41, 5.74) is 2.41. The molecule has 4 aromatic rings. The number of imide groups is 1. The van der Waals surface area contributed by atoms with E-state index in [-0.39, 0.29) is 36.3 Å². The van der Waals surface area contributed by atoms with Crippen LogP contribution < -0.4 is 0 Å². The van der Waals surface area contributed by atoms with Crippen molar-refractivity contribution in [2.45, 2.75) is 55.9 Å². The minimum atomic E-state index is -1.24. The number of carbonyl (C=O) groups is 3. The Bertz CT molecular complexity index is 1700. The van der Waals surface area contributed by atoms with Gasteiger partial charge in [-0.15, -0.1) is 0 Å². The SMILES string of the molecule is O=C(OC(CF)C[C@@H]1O[C@@H]2CO[C@@H](c3ccccc3)O[C@H]2[C@H](OCc2ccccc2)[C@H]1N1C(=O)c2ccccc2C1=O)c1ccccc1. The zero-order chi connectivity index (χ0) is 33.0. The molecular formula is C38H34FNO8. The van der Waals surface area contributed by atoms with Gasteiger partial charge < -0.3 is 23.7 Å². The van der Waals surface area contributed by atoms with Crippen molar-refractivity contribution < 1.29 is 42.5 Å². The van der Waals surface area contributed by atoms with Crippen LogP contribution in [0.15, 0.2) is 115 Å². The second kappa shape index (κ2) is 14.2. The number of nitrogens with zero attached hydrogens (tertiary/aromatic N) is 1. The number of hydrogen-bond acceptors (Lipinski definition) is 8. The molecule has 2 saturated heterocycles. The highest BCUT2D eigenvalue weighted by Gasteiger charge is 2.56. The molecule has 0 bridgehead atoms. The first kappa shape index (κ1) is 31.8. The van der Waals surface area contributed by atoms with Gasteiger partial charge in [0.15, 0.2) is 6.29 Å². The average molecular weight is 652 g/mol. The molecule has 3 aliphatic heterocycles. The average Bonchev–Trinajstić information content (AvgIpc) is 3.39. The molecule has 1 unspecified atom stereocenters. The molecule has 10 heteroatoms. The lowest BCUT2D eigenvalue weighted by Gasteiger charge is -2.51.